The van der Waals surface area contributed by atoms with Crippen LogP contribution in [0.2, 0.25) is 0 Å². The van der Waals surface area contributed by atoms with E-state index < -0.39 is 0 Å². The van der Waals surface area contributed by atoms with Crippen molar-refractivity contribution in [2.45, 2.75) is 44.7 Å². The number of nitrogens with zero attached hydrogens (tertiary/aromatic N) is 2. The Kier molecular flexibility index (Phi) is 3.35. The predicted octanol–water partition coefficient (Wildman–Crippen LogP) is 2.34. The molecule has 3 nitrogen and oxygen atoms in total. The van der Waals surface area contributed by atoms with Crippen molar-refractivity contribution >= 4 is 0 Å². The van der Waals surface area contributed by atoms with E-state index in [1.807, 2.05) is 0 Å². The maximum absolute atomic E-state index is 6.18. The van der Waals surface area contributed by atoms with Crippen LogP contribution in [0.1, 0.15) is 37.1 Å². The zero-order valence-electron chi connectivity index (χ0n) is 12.1. The molecule has 104 valence electrons. The van der Waals surface area contributed by atoms with Gasteiger partial charge in [0.2, 0.25) is 0 Å². The van der Waals surface area contributed by atoms with Gasteiger partial charge in [0, 0.05) is 24.3 Å². The molecule has 19 heavy (non-hydrogen) atoms. The van der Waals surface area contributed by atoms with Crippen LogP contribution in [0, 0.1) is 18.8 Å². The summed E-state index contributed by atoms with van der Waals surface area (Å²) in [6.45, 7) is 3.76. The van der Waals surface area contributed by atoms with Gasteiger partial charge in [0.25, 0.3) is 0 Å². The summed E-state index contributed by atoms with van der Waals surface area (Å²) in [6, 6.07) is 6.28. The molecule has 2 saturated carbocycles. The molecule has 0 aliphatic heterocycles. The zero-order chi connectivity index (χ0) is 13.5. The number of aryl methyl sites for hydroxylation is 1. The third kappa shape index (κ3) is 2.19. The minimum absolute atomic E-state index is 0.230. The van der Waals surface area contributed by atoms with Crippen molar-refractivity contribution in [3.05, 3.63) is 29.6 Å². The van der Waals surface area contributed by atoms with E-state index in [4.69, 9.17) is 5.73 Å². The average molecular weight is 259 g/mol. The highest BCUT2D eigenvalue weighted by molar-refractivity contribution is 5.13. The second-order valence-electron chi connectivity index (χ2n) is 6.51. The first kappa shape index (κ1) is 13.1. The van der Waals surface area contributed by atoms with Crippen molar-refractivity contribution < 1.29 is 0 Å². The Morgan fingerprint density at radius 3 is 2.84 bits per heavy atom. The molecule has 2 bridgehead atoms. The Morgan fingerprint density at radius 1 is 1.42 bits per heavy atom. The second kappa shape index (κ2) is 4.88. The van der Waals surface area contributed by atoms with Crippen LogP contribution in [0.4, 0.5) is 0 Å². The quantitative estimate of drug-likeness (QED) is 0.902. The first-order chi connectivity index (χ1) is 9.14. The minimum Gasteiger partial charge on any atom is -0.329 e. The largest absolute Gasteiger partial charge is 0.329 e. The van der Waals surface area contributed by atoms with E-state index in [0.717, 1.165) is 36.3 Å². The van der Waals surface area contributed by atoms with E-state index in [1.54, 1.807) is 0 Å². The summed E-state index contributed by atoms with van der Waals surface area (Å²) in [4.78, 5) is 7.11. The molecule has 2 aliphatic rings. The topological polar surface area (TPSA) is 42.1 Å². The number of aromatic nitrogens is 1. The number of likely N-dealkylation sites (N-methyl/N-ethyl adjacent to an activating group) is 1. The van der Waals surface area contributed by atoms with Crippen molar-refractivity contribution in [3.8, 4) is 0 Å². The molecule has 0 saturated heterocycles. The van der Waals surface area contributed by atoms with Crippen LogP contribution in [0.15, 0.2) is 18.2 Å². The summed E-state index contributed by atoms with van der Waals surface area (Å²) in [5.41, 5.74) is 8.67. The molecular weight excluding hydrogens is 234 g/mol. The summed E-state index contributed by atoms with van der Waals surface area (Å²) in [6.07, 6.45) is 5.47. The number of rotatable bonds is 4. The molecule has 2 N–H and O–H groups in total. The molecule has 1 aromatic heterocycles. The van der Waals surface area contributed by atoms with Crippen LogP contribution in [0.25, 0.3) is 0 Å². The Hall–Kier alpha value is -0.930. The van der Waals surface area contributed by atoms with Gasteiger partial charge >= 0.3 is 0 Å². The fraction of sp³-hybridized carbons (Fsp3) is 0.688. The van der Waals surface area contributed by atoms with Gasteiger partial charge in [-0.05, 0) is 57.2 Å². The molecule has 0 spiro atoms. The van der Waals surface area contributed by atoms with E-state index in [0.29, 0.717) is 0 Å². The number of hydrogen-bond donors (Lipinski definition) is 1. The maximum Gasteiger partial charge on any atom is 0.0547 e. The van der Waals surface area contributed by atoms with Crippen LogP contribution in [0.3, 0.4) is 0 Å². The summed E-state index contributed by atoms with van der Waals surface area (Å²) in [7, 11) is 2.23. The third-order valence-corrected chi connectivity index (χ3v) is 5.40. The SMILES string of the molecule is Cc1cccc(CN(C)C2(CN)CC3CCC2C3)n1. The van der Waals surface area contributed by atoms with Crippen LogP contribution >= 0.6 is 0 Å². The smallest absolute Gasteiger partial charge is 0.0547 e. The standard InChI is InChI=1S/C16H25N3/c1-12-4-3-5-15(18-12)10-19(2)16(11-17)9-13-6-7-14(16)8-13/h3-5,13-14H,6-11,17H2,1-2H3. The summed E-state index contributed by atoms with van der Waals surface area (Å²) >= 11 is 0. The lowest BCUT2D eigenvalue weighted by atomic mass is 9.79. The Labute approximate surface area is 116 Å². The first-order valence-electron chi connectivity index (χ1n) is 7.48. The molecule has 3 heteroatoms. The van der Waals surface area contributed by atoms with Crippen molar-refractivity contribution in [1.29, 1.82) is 0 Å². The Morgan fingerprint density at radius 2 is 2.26 bits per heavy atom. The van der Waals surface area contributed by atoms with Crippen molar-refractivity contribution in [2.75, 3.05) is 13.6 Å². The highest BCUT2D eigenvalue weighted by atomic mass is 15.2. The minimum atomic E-state index is 0.230. The molecule has 0 aromatic carbocycles. The number of nitrogens with two attached hydrogens (primary N) is 1. The zero-order valence-corrected chi connectivity index (χ0v) is 12.1. The van der Waals surface area contributed by atoms with Crippen LogP contribution in [-0.2, 0) is 6.54 Å². The van der Waals surface area contributed by atoms with E-state index in [2.05, 4.69) is 42.1 Å². The number of hydrogen-bond acceptors (Lipinski definition) is 3. The molecule has 3 rings (SSSR count). The van der Waals surface area contributed by atoms with Gasteiger partial charge in [0.15, 0.2) is 0 Å². The van der Waals surface area contributed by atoms with Gasteiger partial charge < -0.3 is 5.73 Å². The molecular formula is C16H25N3. The van der Waals surface area contributed by atoms with Gasteiger partial charge in [-0.3, -0.25) is 9.88 Å². The van der Waals surface area contributed by atoms with Crippen LogP contribution < -0.4 is 5.73 Å². The van der Waals surface area contributed by atoms with Crippen molar-refractivity contribution in [3.63, 3.8) is 0 Å². The highest BCUT2D eigenvalue weighted by Gasteiger charge is 2.52. The monoisotopic (exact) mass is 259 g/mol. The molecule has 1 heterocycles. The summed E-state index contributed by atoms with van der Waals surface area (Å²) in [5, 5.41) is 0. The van der Waals surface area contributed by atoms with Crippen LogP contribution in [0.5, 0.6) is 0 Å². The molecule has 1 aromatic rings. The van der Waals surface area contributed by atoms with Gasteiger partial charge in [-0.25, -0.2) is 0 Å². The lowest BCUT2D eigenvalue weighted by molar-refractivity contribution is 0.0581. The fourth-order valence-electron chi connectivity index (χ4n) is 4.38. The number of fused-ring (bicyclic) bond motifs is 2. The Balaban J connectivity index is 1.77. The normalized spacial score (nSPS) is 33.3. The molecule has 2 fully saturated rings. The van der Waals surface area contributed by atoms with Gasteiger partial charge in [-0.2, -0.15) is 0 Å². The first-order valence-corrected chi connectivity index (χ1v) is 7.48. The summed E-state index contributed by atoms with van der Waals surface area (Å²) in [5.74, 6) is 1.72. The predicted molar refractivity (Wildman–Crippen MR) is 77.7 cm³/mol. The van der Waals surface area contributed by atoms with Crippen LogP contribution in [-0.4, -0.2) is 29.0 Å². The molecule has 0 amide bonds. The average Bonchev–Trinajstić information content (AvgIpc) is 2.99. The van der Waals surface area contributed by atoms with E-state index in [-0.39, 0.29) is 5.54 Å². The lowest BCUT2D eigenvalue weighted by Gasteiger charge is -2.44. The van der Waals surface area contributed by atoms with Gasteiger partial charge in [0.05, 0.1) is 5.69 Å². The van der Waals surface area contributed by atoms with Crippen molar-refractivity contribution in [2.24, 2.45) is 17.6 Å². The van der Waals surface area contributed by atoms with E-state index >= 15 is 0 Å². The van der Waals surface area contributed by atoms with Gasteiger partial charge in [-0.1, -0.05) is 12.5 Å². The molecule has 2 aliphatic carbocycles. The van der Waals surface area contributed by atoms with Gasteiger partial charge in [0.1, 0.15) is 0 Å². The van der Waals surface area contributed by atoms with E-state index in [1.165, 1.54) is 25.7 Å². The molecule has 3 unspecified atom stereocenters. The third-order valence-electron chi connectivity index (χ3n) is 5.40. The molecule has 0 radical (unpaired) electrons. The Bertz CT molecular complexity index is 459. The van der Waals surface area contributed by atoms with Crippen molar-refractivity contribution in [1.82, 2.24) is 9.88 Å². The lowest BCUT2D eigenvalue weighted by Crippen LogP contribution is -2.55. The molecule has 3 atom stereocenters. The van der Waals surface area contributed by atoms with Gasteiger partial charge in [-0.15, -0.1) is 0 Å². The number of pyridine rings is 1. The second-order valence-corrected chi connectivity index (χ2v) is 6.51. The highest BCUT2D eigenvalue weighted by Crippen LogP contribution is 2.52. The summed E-state index contributed by atoms with van der Waals surface area (Å²) < 4.78 is 0. The maximum atomic E-state index is 6.18. The van der Waals surface area contributed by atoms with E-state index in [9.17, 15) is 0 Å². The fourth-order valence-corrected chi connectivity index (χ4v) is 4.38.